The smallest absolute Gasteiger partial charge is 0.253 e. The molecule has 0 saturated carbocycles. The van der Waals surface area contributed by atoms with E-state index in [9.17, 15) is 4.79 Å². The second-order valence-corrected chi connectivity index (χ2v) is 5.33. The largest absolute Gasteiger partial charge is 0.391 e. The molecule has 17 heavy (non-hydrogen) atoms. The molecule has 0 aliphatic carbocycles. The first-order chi connectivity index (χ1) is 7.91. The zero-order valence-corrected chi connectivity index (χ0v) is 10.4. The van der Waals surface area contributed by atoms with Gasteiger partial charge in [-0.05, 0) is 34.6 Å². The lowest BCUT2D eigenvalue weighted by molar-refractivity contribution is 0.280. The van der Waals surface area contributed by atoms with Crippen molar-refractivity contribution < 1.29 is 5.11 Å². The number of aromatic amines is 1. The summed E-state index contributed by atoms with van der Waals surface area (Å²) in [4.78, 5) is 14.3. The number of aliphatic hydroxyl groups excluding tert-OH is 1. The van der Waals surface area contributed by atoms with Gasteiger partial charge in [0, 0.05) is 11.1 Å². The molecule has 0 aliphatic rings. The molecule has 2 N–H and O–H groups in total. The van der Waals surface area contributed by atoms with Crippen LogP contribution in [0.3, 0.4) is 0 Å². The van der Waals surface area contributed by atoms with E-state index in [1.54, 1.807) is 6.07 Å². The molecular weight excluding hydrogens is 214 g/mol. The van der Waals surface area contributed by atoms with Crippen LogP contribution in [0.4, 0.5) is 0 Å². The van der Waals surface area contributed by atoms with Crippen molar-refractivity contribution in [2.24, 2.45) is 0 Å². The molecule has 90 valence electrons. The van der Waals surface area contributed by atoms with Crippen molar-refractivity contribution in [2.45, 2.75) is 32.8 Å². The molecule has 0 saturated heterocycles. The Hall–Kier alpha value is -1.61. The maximum Gasteiger partial charge on any atom is 0.253 e. The zero-order chi connectivity index (χ0) is 12.6. The van der Waals surface area contributed by atoms with E-state index in [-0.39, 0.29) is 17.6 Å². The lowest BCUT2D eigenvalue weighted by atomic mass is 9.86. The molecular formula is C14H17NO2. The summed E-state index contributed by atoms with van der Waals surface area (Å²) in [6.45, 7) is 6.21. The number of pyridine rings is 1. The van der Waals surface area contributed by atoms with Gasteiger partial charge in [0.1, 0.15) is 0 Å². The number of hydrogen-bond donors (Lipinski definition) is 2. The highest BCUT2D eigenvalue weighted by Gasteiger charge is 2.14. The summed E-state index contributed by atoms with van der Waals surface area (Å²) in [7, 11) is 0. The number of fused-ring (bicyclic) bond motifs is 1. The fraction of sp³-hybridized carbons (Fsp3) is 0.357. The number of benzene rings is 1. The van der Waals surface area contributed by atoms with E-state index in [1.165, 1.54) is 5.56 Å². The number of H-pyrrole nitrogens is 1. The summed E-state index contributed by atoms with van der Waals surface area (Å²) < 4.78 is 0. The first kappa shape index (κ1) is 11.9. The minimum absolute atomic E-state index is 0.0731. The highest BCUT2D eigenvalue weighted by atomic mass is 16.3. The fourth-order valence-electron chi connectivity index (χ4n) is 1.84. The van der Waals surface area contributed by atoms with Gasteiger partial charge in [-0.15, -0.1) is 0 Å². The Labute approximate surface area is 100 Å². The second-order valence-electron chi connectivity index (χ2n) is 5.33. The monoisotopic (exact) mass is 231 g/mol. The molecule has 2 aromatic rings. The molecule has 3 heteroatoms. The quantitative estimate of drug-likeness (QED) is 0.791. The van der Waals surface area contributed by atoms with E-state index in [2.05, 4.69) is 31.8 Å². The number of nitrogens with one attached hydrogen (secondary N) is 1. The molecule has 1 aromatic heterocycles. The van der Waals surface area contributed by atoms with Crippen molar-refractivity contribution in [1.82, 2.24) is 4.98 Å². The highest BCUT2D eigenvalue weighted by molar-refractivity contribution is 5.80. The van der Waals surface area contributed by atoms with Crippen LogP contribution in [-0.4, -0.2) is 10.1 Å². The van der Waals surface area contributed by atoms with Crippen molar-refractivity contribution in [3.8, 4) is 0 Å². The molecule has 0 spiro atoms. The third kappa shape index (κ3) is 2.24. The van der Waals surface area contributed by atoms with Gasteiger partial charge >= 0.3 is 0 Å². The Morgan fingerprint density at radius 2 is 1.94 bits per heavy atom. The molecule has 0 atom stereocenters. The Balaban J connectivity index is 2.69. The lowest BCUT2D eigenvalue weighted by Crippen LogP contribution is -2.14. The normalized spacial score (nSPS) is 12.0. The summed E-state index contributed by atoms with van der Waals surface area (Å²) in [5.74, 6) is 0. The maximum atomic E-state index is 11.5. The molecule has 0 fully saturated rings. The van der Waals surface area contributed by atoms with Gasteiger partial charge in [-0.1, -0.05) is 26.8 Å². The molecule has 0 unspecified atom stereocenters. The molecule has 0 amide bonds. The summed E-state index contributed by atoms with van der Waals surface area (Å²) >= 11 is 0. The van der Waals surface area contributed by atoms with E-state index >= 15 is 0 Å². The second kappa shape index (κ2) is 4.00. The predicted molar refractivity (Wildman–Crippen MR) is 69.2 cm³/mol. The van der Waals surface area contributed by atoms with E-state index in [0.29, 0.717) is 5.56 Å². The zero-order valence-electron chi connectivity index (χ0n) is 10.4. The van der Waals surface area contributed by atoms with Gasteiger partial charge in [-0.2, -0.15) is 0 Å². The Morgan fingerprint density at radius 3 is 2.53 bits per heavy atom. The van der Waals surface area contributed by atoms with Gasteiger partial charge in [0.15, 0.2) is 0 Å². The summed E-state index contributed by atoms with van der Waals surface area (Å²) in [6.07, 6.45) is 0. The molecule has 0 bridgehead atoms. The summed E-state index contributed by atoms with van der Waals surface area (Å²) in [5.41, 5.74) is 2.28. The third-order valence-corrected chi connectivity index (χ3v) is 2.96. The summed E-state index contributed by atoms with van der Waals surface area (Å²) in [5, 5.41) is 10.0. The van der Waals surface area contributed by atoms with Gasteiger partial charge in [0.05, 0.1) is 6.61 Å². The van der Waals surface area contributed by atoms with Gasteiger partial charge in [0.25, 0.3) is 5.56 Å². The van der Waals surface area contributed by atoms with Crippen LogP contribution in [0.2, 0.25) is 0 Å². The predicted octanol–water partition coefficient (Wildman–Crippen LogP) is 2.32. The Kier molecular flexibility index (Phi) is 2.79. The minimum atomic E-state index is -0.231. The average molecular weight is 231 g/mol. The number of aliphatic hydroxyl groups is 1. The van der Waals surface area contributed by atoms with Crippen LogP contribution in [0, 0.1) is 0 Å². The Morgan fingerprint density at radius 1 is 1.24 bits per heavy atom. The van der Waals surface area contributed by atoms with Crippen LogP contribution in [0.15, 0.2) is 29.1 Å². The maximum absolute atomic E-state index is 11.5. The van der Waals surface area contributed by atoms with Gasteiger partial charge in [-0.3, -0.25) is 4.79 Å². The lowest BCUT2D eigenvalue weighted by Gasteiger charge is -2.19. The number of rotatable bonds is 1. The number of hydrogen-bond acceptors (Lipinski definition) is 2. The van der Waals surface area contributed by atoms with Crippen LogP contribution in [-0.2, 0) is 12.0 Å². The van der Waals surface area contributed by atoms with Crippen LogP contribution in [0.5, 0.6) is 0 Å². The first-order valence-corrected chi connectivity index (χ1v) is 5.69. The SMILES string of the molecule is CC(C)(C)c1ccc2[nH]c(=O)c(CO)cc2c1. The van der Waals surface area contributed by atoms with Crippen LogP contribution < -0.4 is 5.56 Å². The van der Waals surface area contributed by atoms with Crippen LogP contribution in [0.1, 0.15) is 31.9 Å². The number of aromatic nitrogens is 1. The van der Waals surface area contributed by atoms with Crippen LogP contribution in [0.25, 0.3) is 10.9 Å². The van der Waals surface area contributed by atoms with Crippen LogP contribution >= 0.6 is 0 Å². The molecule has 3 nitrogen and oxygen atoms in total. The van der Waals surface area contributed by atoms with Gasteiger partial charge in [0.2, 0.25) is 0 Å². The summed E-state index contributed by atoms with van der Waals surface area (Å²) in [6, 6.07) is 7.75. The third-order valence-electron chi connectivity index (χ3n) is 2.96. The fourth-order valence-corrected chi connectivity index (χ4v) is 1.84. The molecule has 1 aromatic carbocycles. The first-order valence-electron chi connectivity index (χ1n) is 5.69. The van der Waals surface area contributed by atoms with Gasteiger partial charge in [-0.25, -0.2) is 0 Å². The molecule has 0 radical (unpaired) electrons. The van der Waals surface area contributed by atoms with E-state index in [1.807, 2.05) is 12.1 Å². The van der Waals surface area contributed by atoms with Crippen molar-refractivity contribution >= 4 is 10.9 Å². The standard InChI is InChI=1S/C14H17NO2/c1-14(2,3)11-4-5-12-9(7-11)6-10(8-16)13(17)15-12/h4-7,16H,8H2,1-3H3,(H,15,17). The molecule has 1 heterocycles. The van der Waals surface area contributed by atoms with Crippen molar-refractivity contribution in [3.63, 3.8) is 0 Å². The van der Waals surface area contributed by atoms with E-state index in [4.69, 9.17) is 5.11 Å². The van der Waals surface area contributed by atoms with E-state index < -0.39 is 0 Å². The highest BCUT2D eigenvalue weighted by Crippen LogP contribution is 2.25. The van der Waals surface area contributed by atoms with Crippen molar-refractivity contribution in [1.29, 1.82) is 0 Å². The van der Waals surface area contributed by atoms with Gasteiger partial charge < -0.3 is 10.1 Å². The van der Waals surface area contributed by atoms with E-state index in [0.717, 1.165) is 10.9 Å². The molecule has 0 aliphatic heterocycles. The average Bonchev–Trinajstić information content (AvgIpc) is 2.26. The topological polar surface area (TPSA) is 53.1 Å². The van der Waals surface area contributed by atoms with Crippen molar-refractivity contribution in [2.75, 3.05) is 0 Å². The Bertz CT molecular complexity index is 606. The minimum Gasteiger partial charge on any atom is -0.391 e. The molecule has 2 rings (SSSR count). The van der Waals surface area contributed by atoms with Crippen molar-refractivity contribution in [3.05, 3.63) is 45.7 Å².